The normalized spacial score (nSPS) is 13.6. The lowest BCUT2D eigenvalue weighted by Crippen LogP contribution is -2.36. The molecule has 2 heterocycles. The summed E-state index contributed by atoms with van der Waals surface area (Å²) < 4.78 is 5.47. The van der Waals surface area contributed by atoms with Crippen LogP contribution in [0.15, 0.2) is 35.6 Å². The maximum Gasteiger partial charge on any atom is 0.338 e. The number of nitrogens with one attached hydrogen (secondary N) is 1. The smallest absolute Gasteiger partial charge is 0.338 e. The quantitative estimate of drug-likeness (QED) is 0.206. The largest absolute Gasteiger partial charge is 0.462 e. The van der Waals surface area contributed by atoms with Gasteiger partial charge in [-0.3, -0.25) is 9.89 Å². The van der Waals surface area contributed by atoms with Crippen molar-refractivity contribution in [1.82, 2.24) is 29.6 Å². The number of hydrogen-bond donors (Lipinski definition) is 1. The fourth-order valence-corrected chi connectivity index (χ4v) is 5.29. The molecule has 1 N–H and O–H groups in total. The third-order valence-corrected chi connectivity index (χ3v) is 7.32. The predicted octanol–water partition coefficient (Wildman–Crippen LogP) is 4.27. The zero-order valence-corrected chi connectivity index (χ0v) is 25.5. The average molecular weight is 554 g/mol. The molecule has 9 heteroatoms. The van der Waals surface area contributed by atoms with E-state index in [1.165, 1.54) is 32.4 Å². The van der Waals surface area contributed by atoms with E-state index < -0.39 is 0 Å². The number of aromatic nitrogens is 2. The summed E-state index contributed by atoms with van der Waals surface area (Å²) in [5.41, 5.74) is 2.76. The van der Waals surface area contributed by atoms with Gasteiger partial charge in [0, 0.05) is 39.1 Å². The van der Waals surface area contributed by atoms with E-state index in [1.807, 2.05) is 19.2 Å². The SMILES string of the molecule is CCCN(CCC)CCCCN(C)Cc1ccc(CN(CC2=NCCN2C)Cc2ncc[nH]2)cc1C(=O)OCC. The van der Waals surface area contributed by atoms with Crippen LogP contribution in [0.2, 0.25) is 0 Å². The highest BCUT2D eigenvalue weighted by atomic mass is 16.5. The van der Waals surface area contributed by atoms with Gasteiger partial charge in [0.15, 0.2) is 0 Å². The van der Waals surface area contributed by atoms with Gasteiger partial charge in [0.1, 0.15) is 11.7 Å². The number of unbranched alkanes of at least 4 members (excludes halogenated alkanes) is 1. The summed E-state index contributed by atoms with van der Waals surface area (Å²) in [6.45, 7) is 15.9. The van der Waals surface area contributed by atoms with Crippen LogP contribution in [0.4, 0.5) is 0 Å². The number of esters is 1. The number of carbonyl (C=O) groups excluding carboxylic acids is 1. The van der Waals surface area contributed by atoms with Crippen LogP contribution in [0.25, 0.3) is 0 Å². The van der Waals surface area contributed by atoms with E-state index in [2.05, 4.69) is 69.6 Å². The van der Waals surface area contributed by atoms with Crippen molar-refractivity contribution >= 4 is 11.8 Å². The molecule has 0 saturated carbocycles. The number of H-pyrrole nitrogens is 1. The Kier molecular flexibility index (Phi) is 13.6. The molecule has 0 bridgehead atoms. The number of aliphatic imine (C=N–C) groups is 1. The molecule has 2 aromatic rings. The first kappa shape index (κ1) is 31.8. The second kappa shape index (κ2) is 17.1. The number of ether oxygens (including phenoxy) is 1. The molecule has 1 aromatic carbocycles. The van der Waals surface area contributed by atoms with Crippen molar-refractivity contribution < 1.29 is 9.53 Å². The van der Waals surface area contributed by atoms with Crippen molar-refractivity contribution in [3.05, 3.63) is 53.1 Å². The van der Waals surface area contributed by atoms with Gasteiger partial charge < -0.3 is 24.4 Å². The number of likely N-dealkylation sites (N-methyl/N-ethyl adjacent to an activating group) is 1. The lowest BCUT2D eigenvalue weighted by Gasteiger charge is -2.25. The summed E-state index contributed by atoms with van der Waals surface area (Å²) in [7, 11) is 4.23. The molecule has 1 aliphatic rings. The van der Waals surface area contributed by atoms with E-state index in [4.69, 9.17) is 9.73 Å². The first-order chi connectivity index (χ1) is 19.4. The minimum Gasteiger partial charge on any atom is -0.462 e. The highest BCUT2D eigenvalue weighted by Crippen LogP contribution is 2.19. The van der Waals surface area contributed by atoms with Crippen LogP contribution in [-0.4, -0.2) is 108 Å². The second-order valence-corrected chi connectivity index (χ2v) is 10.9. The molecule has 0 atom stereocenters. The number of rotatable bonds is 19. The van der Waals surface area contributed by atoms with Crippen LogP contribution in [0, 0.1) is 0 Å². The van der Waals surface area contributed by atoms with Crippen molar-refractivity contribution in [2.24, 2.45) is 4.99 Å². The van der Waals surface area contributed by atoms with Gasteiger partial charge in [-0.2, -0.15) is 0 Å². The van der Waals surface area contributed by atoms with Gasteiger partial charge in [-0.1, -0.05) is 26.0 Å². The van der Waals surface area contributed by atoms with Crippen molar-refractivity contribution in [2.45, 2.75) is 66.1 Å². The van der Waals surface area contributed by atoms with Crippen LogP contribution < -0.4 is 0 Å². The molecule has 0 unspecified atom stereocenters. The maximum atomic E-state index is 13.0. The Hall–Kier alpha value is -2.75. The average Bonchev–Trinajstić information content (AvgIpc) is 3.59. The summed E-state index contributed by atoms with van der Waals surface area (Å²) >= 11 is 0. The minimum absolute atomic E-state index is 0.250. The Morgan fingerprint density at radius 3 is 2.42 bits per heavy atom. The van der Waals surface area contributed by atoms with E-state index in [1.54, 1.807) is 6.20 Å². The number of imidazole rings is 1. The first-order valence-electron chi connectivity index (χ1n) is 15.1. The number of amidine groups is 1. The van der Waals surface area contributed by atoms with E-state index in [-0.39, 0.29) is 5.97 Å². The number of hydrogen-bond acceptors (Lipinski definition) is 8. The Bertz CT molecular complexity index is 1030. The van der Waals surface area contributed by atoms with Crippen LogP contribution in [0.3, 0.4) is 0 Å². The number of aromatic amines is 1. The zero-order valence-electron chi connectivity index (χ0n) is 25.5. The summed E-state index contributed by atoms with van der Waals surface area (Å²) in [6, 6.07) is 6.27. The molecule has 0 saturated heterocycles. The summed E-state index contributed by atoms with van der Waals surface area (Å²) in [4.78, 5) is 34.8. The topological polar surface area (TPSA) is 80.3 Å². The van der Waals surface area contributed by atoms with Gasteiger partial charge >= 0.3 is 5.97 Å². The predicted molar refractivity (Wildman–Crippen MR) is 163 cm³/mol. The Morgan fingerprint density at radius 1 is 1.00 bits per heavy atom. The Labute approximate surface area is 241 Å². The van der Waals surface area contributed by atoms with Crippen molar-refractivity contribution in [1.29, 1.82) is 0 Å². The van der Waals surface area contributed by atoms with Gasteiger partial charge in [0.25, 0.3) is 0 Å². The maximum absolute atomic E-state index is 13.0. The fourth-order valence-electron chi connectivity index (χ4n) is 5.29. The fraction of sp³-hybridized carbons (Fsp3) is 0.645. The van der Waals surface area contributed by atoms with Crippen LogP contribution in [0.5, 0.6) is 0 Å². The molecule has 0 fully saturated rings. The van der Waals surface area contributed by atoms with Gasteiger partial charge in [-0.25, -0.2) is 9.78 Å². The van der Waals surface area contributed by atoms with Crippen molar-refractivity contribution in [3.8, 4) is 0 Å². The van der Waals surface area contributed by atoms with Gasteiger partial charge in [-0.15, -0.1) is 0 Å². The minimum atomic E-state index is -0.250. The van der Waals surface area contributed by atoms with Crippen LogP contribution in [0.1, 0.15) is 73.8 Å². The molecule has 40 heavy (non-hydrogen) atoms. The lowest BCUT2D eigenvalue weighted by molar-refractivity contribution is 0.0524. The molecule has 1 aliphatic heterocycles. The van der Waals surface area contributed by atoms with Gasteiger partial charge in [-0.05, 0) is 83.0 Å². The molecule has 0 aliphatic carbocycles. The molecule has 9 nitrogen and oxygen atoms in total. The molecule has 3 rings (SSSR count). The van der Waals surface area contributed by atoms with Crippen LogP contribution >= 0.6 is 0 Å². The molecule has 0 radical (unpaired) electrons. The Morgan fingerprint density at radius 2 is 1.77 bits per heavy atom. The molecular weight excluding hydrogens is 502 g/mol. The number of nitrogens with zero attached hydrogens (tertiary/aromatic N) is 6. The number of carbonyl (C=O) groups is 1. The molecular formula is C31H51N7O2. The van der Waals surface area contributed by atoms with E-state index in [0.717, 1.165) is 68.5 Å². The molecule has 0 spiro atoms. The monoisotopic (exact) mass is 553 g/mol. The standard InChI is InChI=1S/C31H51N7O2/c1-6-16-37(17-7-2)19-10-9-18-35(4)23-27-12-11-26(21-28(27)31(39)40-8-3)22-38(24-29-32-13-14-33-29)25-30-34-15-20-36(30)5/h11-14,21H,6-10,15-20,22-25H2,1-5H3,(H,32,33). The van der Waals surface area contributed by atoms with E-state index >= 15 is 0 Å². The third kappa shape index (κ3) is 10.3. The number of benzene rings is 1. The van der Waals surface area contributed by atoms with E-state index in [9.17, 15) is 4.79 Å². The van der Waals surface area contributed by atoms with Crippen molar-refractivity contribution in [3.63, 3.8) is 0 Å². The summed E-state index contributed by atoms with van der Waals surface area (Å²) in [5, 5.41) is 0. The summed E-state index contributed by atoms with van der Waals surface area (Å²) in [5.74, 6) is 1.75. The molecule has 1 aromatic heterocycles. The van der Waals surface area contributed by atoms with Crippen molar-refractivity contribution in [2.75, 3.05) is 66.5 Å². The first-order valence-corrected chi connectivity index (χ1v) is 15.1. The zero-order chi connectivity index (χ0) is 28.7. The van der Waals surface area contributed by atoms with Gasteiger partial charge in [0.05, 0.1) is 31.8 Å². The van der Waals surface area contributed by atoms with Gasteiger partial charge in [0.2, 0.25) is 0 Å². The molecule has 0 amide bonds. The van der Waals surface area contributed by atoms with Crippen LogP contribution in [-0.2, 0) is 24.4 Å². The second-order valence-electron chi connectivity index (χ2n) is 10.9. The summed E-state index contributed by atoms with van der Waals surface area (Å²) in [6.07, 6.45) is 8.39. The molecule has 222 valence electrons. The highest BCUT2D eigenvalue weighted by Gasteiger charge is 2.20. The lowest BCUT2D eigenvalue weighted by atomic mass is 10.0. The van der Waals surface area contributed by atoms with E-state index in [0.29, 0.717) is 25.3 Å². The third-order valence-electron chi connectivity index (χ3n) is 7.32. The Balaban J connectivity index is 1.66. The highest BCUT2D eigenvalue weighted by molar-refractivity contribution is 5.91.